The van der Waals surface area contributed by atoms with Gasteiger partial charge in [0.1, 0.15) is 0 Å². The molecule has 3 saturated carbocycles. The zero-order valence-electron chi connectivity index (χ0n) is 7.58. The fraction of sp³-hybridized carbons (Fsp3) is 0.909. The molecule has 0 radical (unpaired) electrons. The van der Waals surface area contributed by atoms with Gasteiger partial charge in [-0.2, -0.15) is 0 Å². The molecule has 0 saturated heterocycles. The van der Waals surface area contributed by atoms with Gasteiger partial charge in [0.05, 0.1) is 0 Å². The lowest BCUT2D eigenvalue weighted by Crippen LogP contribution is -2.31. The summed E-state index contributed by atoms with van der Waals surface area (Å²) in [7, 11) is 0. The van der Waals surface area contributed by atoms with Gasteiger partial charge in [0.25, 0.3) is 0 Å². The van der Waals surface area contributed by atoms with Crippen molar-refractivity contribution >= 4 is 6.21 Å². The van der Waals surface area contributed by atoms with Crippen molar-refractivity contribution in [3.63, 3.8) is 0 Å². The van der Waals surface area contributed by atoms with Crippen LogP contribution < -0.4 is 0 Å². The van der Waals surface area contributed by atoms with Crippen LogP contribution in [-0.2, 0) is 0 Å². The second-order valence-electron chi connectivity index (χ2n) is 4.78. The predicted molar refractivity (Wildman–Crippen MR) is 50.4 cm³/mol. The van der Waals surface area contributed by atoms with Crippen LogP contribution in [0.15, 0.2) is 4.99 Å². The Labute approximate surface area is 74.3 Å². The molecule has 4 atom stereocenters. The maximum absolute atomic E-state index is 4.49. The lowest BCUT2D eigenvalue weighted by atomic mass is 9.69. The summed E-state index contributed by atoms with van der Waals surface area (Å²) < 4.78 is 0. The van der Waals surface area contributed by atoms with Gasteiger partial charge >= 0.3 is 0 Å². The third-order valence-electron chi connectivity index (χ3n) is 4.30. The van der Waals surface area contributed by atoms with E-state index in [2.05, 4.69) is 11.2 Å². The first kappa shape index (κ1) is 7.11. The summed E-state index contributed by atoms with van der Waals surface area (Å²) in [4.78, 5) is 4.49. The Morgan fingerprint density at radius 1 is 1.00 bits per heavy atom. The Morgan fingerprint density at radius 3 is 2.83 bits per heavy atom. The third kappa shape index (κ3) is 0.884. The Morgan fingerprint density at radius 2 is 1.83 bits per heavy atom. The molecule has 1 heterocycles. The monoisotopic (exact) mass is 163 g/mol. The molecule has 4 rings (SSSR count). The molecule has 0 aromatic carbocycles. The van der Waals surface area contributed by atoms with E-state index in [1.54, 1.807) is 0 Å². The summed E-state index contributed by atoms with van der Waals surface area (Å²) in [6.45, 7) is 1.16. The quantitative estimate of drug-likeness (QED) is 0.520. The average molecular weight is 163 g/mol. The molecule has 0 spiro atoms. The summed E-state index contributed by atoms with van der Waals surface area (Å²) in [6, 6.07) is 0. The van der Waals surface area contributed by atoms with Gasteiger partial charge in [-0.1, -0.05) is 12.8 Å². The highest BCUT2D eigenvalue weighted by atomic mass is 14.8. The standard InChI is InChI=1S/C11H17N/c1-2-8-4-5-9(3-1)11-7-12-6-10(8)11/h6,8-11H,1-5,7H2. The maximum Gasteiger partial charge on any atom is 0.0422 e. The minimum absolute atomic E-state index is 0.895. The van der Waals surface area contributed by atoms with Crippen molar-refractivity contribution in [1.82, 2.24) is 0 Å². The summed E-state index contributed by atoms with van der Waals surface area (Å²) in [5.41, 5.74) is 0. The molecule has 0 aromatic heterocycles. The van der Waals surface area contributed by atoms with E-state index < -0.39 is 0 Å². The molecule has 12 heavy (non-hydrogen) atoms. The van der Waals surface area contributed by atoms with Crippen molar-refractivity contribution in [3.05, 3.63) is 0 Å². The molecular formula is C11H17N. The Hall–Kier alpha value is -0.330. The fourth-order valence-corrected chi connectivity index (χ4v) is 3.64. The van der Waals surface area contributed by atoms with E-state index in [1.807, 2.05) is 0 Å². The van der Waals surface area contributed by atoms with Crippen LogP contribution in [0.2, 0.25) is 0 Å². The van der Waals surface area contributed by atoms with Gasteiger partial charge in [0.2, 0.25) is 0 Å². The number of nitrogens with zero attached hydrogens (tertiary/aromatic N) is 1. The third-order valence-corrected chi connectivity index (χ3v) is 4.30. The molecule has 0 amide bonds. The van der Waals surface area contributed by atoms with Crippen LogP contribution in [0.4, 0.5) is 0 Å². The van der Waals surface area contributed by atoms with Gasteiger partial charge < -0.3 is 0 Å². The van der Waals surface area contributed by atoms with Crippen molar-refractivity contribution in [3.8, 4) is 0 Å². The Balaban J connectivity index is 1.92. The molecule has 1 aliphatic heterocycles. The van der Waals surface area contributed by atoms with Crippen LogP contribution in [0, 0.1) is 23.7 Å². The molecule has 1 nitrogen and oxygen atoms in total. The second kappa shape index (κ2) is 2.58. The average Bonchev–Trinajstić information content (AvgIpc) is 2.40. The molecule has 3 fully saturated rings. The number of hydrogen-bond donors (Lipinski definition) is 0. The Bertz CT molecular complexity index is 205. The summed E-state index contributed by atoms with van der Waals surface area (Å²) in [5.74, 6) is 3.91. The van der Waals surface area contributed by atoms with Crippen molar-refractivity contribution in [2.45, 2.75) is 32.1 Å². The second-order valence-corrected chi connectivity index (χ2v) is 4.78. The summed E-state index contributed by atoms with van der Waals surface area (Å²) >= 11 is 0. The van der Waals surface area contributed by atoms with Crippen molar-refractivity contribution in [1.29, 1.82) is 0 Å². The van der Waals surface area contributed by atoms with Crippen LogP contribution >= 0.6 is 0 Å². The minimum Gasteiger partial charge on any atom is -0.297 e. The highest BCUT2D eigenvalue weighted by Crippen LogP contribution is 2.47. The molecular weight excluding hydrogens is 146 g/mol. The molecule has 0 N–H and O–H groups in total. The fourth-order valence-electron chi connectivity index (χ4n) is 3.64. The number of aliphatic imine (C=N–C) groups is 1. The molecule has 1 heteroatoms. The molecule has 0 aromatic rings. The Kier molecular flexibility index (Phi) is 1.53. The number of fused-ring (bicyclic) bond motifs is 3. The SMILES string of the molecule is C1=NCC2C3CCCC(CC3)C12. The zero-order chi connectivity index (χ0) is 7.97. The molecule has 4 unspecified atom stereocenters. The molecule has 2 bridgehead atoms. The van der Waals surface area contributed by atoms with Crippen molar-refractivity contribution in [2.24, 2.45) is 28.7 Å². The van der Waals surface area contributed by atoms with E-state index in [0.29, 0.717) is 0 Å². The van der Waals surface area contributed by atoms with Gasteiger partial charge in [0.15, 0.2) is 0 Å². The van der Waals surface area contributed by atoms with Crippen LogP contribution in [-0.4, -0.2) is 12.8 Å². The van der Waals surface area contributed by atoms with Gasteiger partial charge in [0, 0.05) is 18.7 Å². The maximum atomic E-state index is 4.49. The van der Waals surface area contributed by atoms with Gasteiger partial charge in [-0.3, -0.25) is 4.99 Å². The van der Waals surface area contributed by atoms with Crippen LogP contribution in [0.25, 0.3) is 0 Å². The van der Waals surface area contributed by atoms with E-state index in [9.17, 15) is 0 Å². The number of hydrogen-bond acceptors (Lipinski definition) is 1. The molecule has 66 valence electrons. The summed E-state index contributed by atoms with van der Waals surface area (Å²) in [5, 5.41) is 0. The van der Waals surface area contributed by atoms with E-state index in [-0.39, 0.29) is 0 Å². The topological polar surface area (TPSA) is 12.4 Å². The normalized spacial score (nSPS) is 50.7. The van der Waals surface area contributed by atoms with Crippen molar-refractivity contribution in [2.75, 3.05) is 6.54 Å². The first-order valence-corrected chi connectivity index (χ1v) is 5.45. The van der Waals surface area contributed by atoms with Gasteiger partial charge in [-0.25, -0.2) is 0 Å². The molecule has 3 aliphatic carbocycles. The largest absolute Gasteiger partial charge is 0.297 e. The van der Waals surface area contributed by atoms with Gasteiger partial charge in [-0.05, 0) is 37.0 Å². The zero-order valence-corrected chi connectivity index (χ0v) is 7.58. The first-order valence-electron chi connectivity index (χ1n) is 5.45. The lowest BCUT2D eigenvalue weighted by Gasteiger charge is -2.34. The van der Waals surface area contributed by atoms with Crippen molar-refractivity contribution < 1.29 is 0 Å². The van der Waals surface area contributed by atoms with E-state index in [0.717, 1.165) is 30.2 Å². The van der Waals surface area contributed by atoms with E-state index >= 15 is 0 Å². The lowest BCUT2D eigenvalue weighted by molar-refractivity contribution is 0.179. The minimum atomic E-state index is 0.895. The highest BCUT2D eigenvalue weighted by Gasteiger charge is 2.42. The van der Waals surface area contributed by atoms with Crippen LogP contribution in [0.3, 0.4) is 0 Å². The van der Waals surface area contributed by atoms with E-state index in [4.69, 9.17) is 0 Å². The van der Waals surface area contributed by atoms with Gasteiger partial charge in [-0.15, -0.1) is 0 Å². The highest BCUT2D eigenvalue weighted by molar-refractivity contribution is 5.64. The summed E-state index contributed by atoms with van der Waals surface area (Å²) in [6.07, 6.45) is 9.78. The molecule has 4 aliphatic rings. The number of rotatable bonds is 0. The first-order chi connectivity index (χ1) is 5.95. The van der Waals surface area contributed by atoms with Crippen LogP contribution in [0.1, 0.15) is 32.1 Å². The predicted octanol–water partition coefficient (Wildman–Crippen LogP) is 2.51. The smallest absolute Gasteiger partial charge is 0.0422 e. The van der Waals surface area contributed by atoms with E-state index in [1.165, 1.54) is 32.1 Å². The van der Waals surface area contributed by atoms with Crippen LogP contribution in [0.5, 0.6) is 0 Å².